The second-order valence-electron chi connectivity index (χ2n) is 5.43. The van der Waals surface area contributed by atoms with Crippen molar-refractivity contribution >= 4 is 23.5 Å². The van der Waals surface area contributed by atoms with E-state index in [4.69, 9.17) is 18.4 Å². The Kier molecular flexibility index (Phi) is 4.79. The van der Waals surface area contributed by atoms with Crippen LogP contribution in [0, 0.1) is 11.8 Å². The molecule has 0 radical (unpaired) electrons. The van der Waals surface area contributed by atoms with Crippen molar-refractivity contribution < 1.29 is 42.7 Å². The zero-order valence-corrected chi connectivity index (χ0v) is 12.4. The van der Waals surface area contributed by atoms with Crippen LogP contribution in [-0.2, 0) is 19.2 Å². The number of rotatable bonds is 11. The molecule has 7 heteroatoms. The molecule has 0 amide bonds. The van der Waals surface area contributed by atoms with Crippen LogP contribution in [-0.4, -0.2) is 44.9 Å². The fourth-order valence-electron chi connectivity index (χ4n) is 2.72. The second kappa shape index (κ2) is 9.39. The fourth-order valence-corrected chi connectivity index (χ4v) is 2.72. The van der Waals surface area contributed by atoms with Crippen LogP contribution in [0.25, 0.3) is 0 Å². The smallest absolute Gasteiger partial charge is 0.303 e. The van der Waals surface area contributed by atoms with Gasteiger partial charge in [0.15, 0.2) is 0 Å². The van der Waals surface area contributed by atoms with Crippen LogP contribution in [0.4, 0.5) is 0 Å². The van der Waals surface area contributed by atoms with Crippen LogP contribution in [0.2, 0.25) is 0 Å². The van der Waals surface area contributed by atoms with Crippen molar-refractivity contribution in [3.63, 3.8) is 0 Å². The summed E-state index contributed by atoms with van der Waals surface area (Å²) < 4.78 is 45.2. The monoisotopic (exact) mass is 334 g/mol. The molecule has 1 aliphatic carbocycles. The van der Waals surface area contributed by atoms with Crippen molar-refractivity contribution in [2.45, 2.75) is 63.7 Å². The summed E-state index contributed by atoms with van der Waals surface area (Å²) in [6.07, 6.45) is -13.2. The van der Waals surface area contributed by atoms with Crippen LogP contribution in [0.5, 0.6) is 0 Å². The third-order valence-electron chi connectivity index (χ3n) is 3.80. The predicted molar refractivity (Wildman–Crippen MR) is 79.8 cm³/mol. The van der Waals surface area contributed by atoms with Crippen molar-refractivity contribution in [1.82, 2.24) is 0 Å². The summed E-state index contributed by atoms with van der Waals surface area (Å²) in [5.41, 5.74) is 0. The van der Waals surface area contributed by atoms with Gasteiger partial charge < -0.3 is 15.3 Å². The molecule has 0 heterocycles. The minimum absolute atomic E-state index is 0.0310. The van der Waals surface area contributed by atoms with Gasteiger partial charge in [0.05, 0.1) is 6.10 Å². The Morgan fingerprint density at radius 1 is 1.04 bits per heavy atom. The molecule has 23 heavy (non-hydrogen) atoms. The number of aliphatic hydroxyl groups is 1. The maximum Gasteiger partial charge on any atom is 0.303 e. The lowest BCUT2D eigenvalue weighted by molar-refractivity contribution is -0.138. The lowest BCUT2D eigenvalue weighted by Gasteiger charge is -2.19. The zero-order chi connectivity index (χ0) is 22.8. The molecule has 0 unspecified atom stereocenters. The molecule has 0 saturated heterocycles. The Hall–Kier alpha value is -1.76. The molecule has 1 rings (SSSR count). The standard InChI is InChI=1S/C16H24O7/c17-10(3-1-2-4-15(20)21)5-6-11-12(7-8-16(22)23)14(19)9-13(11)18/h11-12,14,19H,1-9H2,(H,20,21)(H,22,23)/t11-,12-,14+/m1/s1/i1D2,2D2,4D2. The Labute approximate surface area is 143 Å². The molecule has 1 saturated carbocycles. The largest absolute Gasteiger partial charge is 0.481 e. The highest BCUT2D eigenvalue weighted by atomic mass is 16.4. The highest BCUT2D eigenvalue weighted by Gasteiger charge is 2.41. The number of hydrogen-bond acceptors (Lipinski definition) is 5. The first-order valence-electron chi connectivity index (χ1n) is 10.2. The summed E-state index contributed by atoms with van der Waals surface area (Å²) in [4.78, 5) is 45.9. The molecular weight excluding hydrogens is 304 g/mol. The average Bonchev–Trinajstić information content (AvgIpc) is 2.82. The molecular formula is C16H24O7. The van der Waals surface area contributed by atoms with Gasteiger partial charge in [-0.25, -0.2) is 0 Å². The van der Waals surface area contributed by atoms with Crippen molar-refractivity contribution in [3.8, 4) is 0 Å². The summed E-state index contributed by atoms with van der Waals surface area (Å²) in [5, 5.41) is 27.5. The maximum atomic E-state index is 12.2. The van der Waals surface area contributed by atoms with Crippen molar-refractivity contribution in [2.75, 3.05) is 0 Å². The summed E-state index contributed by atoms with van der Waals surface area (Å²) >= 11 is 0. The summed E-state index contributed by atoms with van der Waals surface area (Å²) in [6.45, 7) is 0. The Morgan fingerprint density at radius 3 is 2.35 bits per heavy atom. The minimum atomic E-state index is -3.58. The molecule has 3 N–H and O–H groups in total. The highest BCUT2D eigenvalue weighted by Crippen LogP contribution is 2.35. The summed E-state index contributed by atoms with van der Waals surface area (Å²) in [5.74, 6) is -5.94. The number of aliphatic carboxylic acids is 2. The van der Waals surface area contributed by atoms with E-state index < -0.39 is 61.2 Å². The van der Waals surface area contributed by atoms with Gasteiger partial charge in [-0.15, -0.1) is 0 Å². The Morgan fingerprint density at radius 2 is 1.74 bits per heavy atom. The number of carbonyl (C=O) groups is 4. The SMILES string of the molecule is [2H]C([2H])(CC(=O)CC[C@H]1C(=O)C[C@H](O)[C@@H]1CCC(=O)O)C([2H])([2H])C([2H])([2H])C(=O)O. The number of Topliss-reactive ketones (excluding diaryl/α,β-unsaturated/α-hetero) is 2. The first-order valence-corrected chi connectivity index (χ1v) is 7.22. The molecule has 130 valence electrons. The Balaban J connectivity index is 2.79. The van der Waals surface area contributed by atoms with E-state index in [1.54, 1.807) is 0 Å². The van der Waals surface area contributed by atoms with E-state index in [9.17, 15) is 24.3 Å². The predicted octanol–water partition coefficient (Wildman–Crippen LogP) is 1.41. The van der Waals surface area contributed by atoms with Gasteiger partial charge in [-0.1, -0.05) is 0 Å². The number of ketones is 2. The van der Waals surface area contributed by atoms with Crippen LogP contribution in [0.3, 0.4) is 0 Å². The normalized spacial score (nSPS) is 29.6. The van der Waals surface area contributed by atoms with Gasteiger partial charge in [0.2, 0.25) is 0 Å². The molecule has 0 spiro atoms. The van der Waals surface area contributed by atoms with E-state index >= 15 is 0 Å². The molecule has 0 aromatic rings. The maximum absolute atomic E-state index is 12.2. The number of carboxylic acid groups (broad SMARTS) is 2. The van der Waals surface area contributed by atoms with Crippen LogP contribution in [0.1, 0.15) is 65.9 Å². The fraction of sp³-hybridized carbons (Fsp3) is 0.750. The molecule has 3 atom stereocenters. The van der Waals surface area contributed by atoms with Gasteiger partial charge in [-0.05, 0) is 31.5 Å². The van der Waals surface area contributed by atoms with Gasteiger partial charge >= 0.3 is 11.9 Å². The third-order valence-corrected chi connectivity index (χ3v) is 3.80. The van der Waals surface area contributed by atoms with Crippen LogP contribution >= 0.6 is 0 Å². The number of aliphatic hydroxyl groups excluding tert-OH is 1. The van der Waals surface area contributed by atoms with E-state index in [0.29, 0.717) is 0 Å². The van der Waals surface area contributed by atoms with Crippen LogP contribution < -0.4 is 0 Å². The first kappa shape index (κ1) is 11.7. The van der Waals surface area contributed by atoms with Crippen molar-refractivity contribution in [3.05, 3.63) is 0 Å². The Bertz CT molecular complexity index is 679. The van der Waals surface area contributed by atoms with Gasteiger partial charge in [0.25, 0.3) is 0 Å². The lowest BCUT2D eigenvalue weighted by atomic mass is 9.86. The highest BCUT2D eigenvalue weighted by molar-refractivity contribution is 5.85. The quantitative estimate of drug-likeness (QED) is 0.521. The van der Waals surface area contributed by atoms with Gasteiger partial charge in [-0.3, -0.25) is 19.2 Å². The van der Waals surface area contributed by atoms with Crippen molar-refractivity contribution in [1.29, 1.82) is 0 Å². The van der Waals surface area contributed by atoms with Gasteiger partial charge in [-0.2, -0.15) is 0 Å². The molecule has 0 aromatic carbocycles. The van der Waals surface area contributed by atoms with Crippen molar-refractivity contribution in [2.24, 2.45) is 11.8 Å². The van der Waals surface area contributed by atoms with E-state index in [-0.39, 0.29) is 37.9 Å². The molecule has 1 aliphatic rings. The van der Waals surface area contributed by atoms with E-state index in [1.165, 1.54) is 0 Å². The summed E-state index contributed by atoms with van der Waals surface area (Å²) in [6, 6.07) is 0. The molecule has 0 aromatic heterocycles. The number of carboxylic acids is 2. The molecule has 0 aliphatic heterocycles. The average molecular weight is 334 g/mol. The first-order chi connectivity index (χ1) is 13.0. The molecule has 0 bridgehead atoms. The second-order valence-corrected chi connectivity index (χ2v) is 5.43. The number of carbonyl (C=O) groups excluding carboxylic acids is 2. The van der Waals surface area contributed by atoms with Crippen LogP contribution in [0.15, 0.2) is 0 Å². The lowest BCUT2D eigenvalue weighted by Crippen LogP contribution is -2.22. The van der Waals surface area contributed by atoms with Gasteiger partial charge in [0.1, 0.15) is 11.6 Å². The van der Waals surface area contributed by atoms with E-state index in [2.05, 4.69) is 0 Å². The number of hydrogen-bond donors (Lipinski definition) is 3. The topological polar surface area (TPSA) is 129 Å². The zero-order valence-electron chi connectivity index (χ0n) is 18.4. The van der Waals surface area contributed by atoms with E-state index in [1.807, 2.05) is 0 Å². The molecule has 1 fully saturated rings. The third kappa shape index (κ3) is 6.90. The molecule has 7 nitrogen and oxygen atoms in total. The minimum Gasteiger partial charge on any atom is -0.481 e. The summed E-state index contributed by atoms with van der Waals surface area (Å²) in [7, 11) is 0. The van der Waals surface area contributed by atoms with E-state index in [0.717, 1.165) is 0 Å². The van der Waals surface area contributed by atoms with Gasteiger partial charge in [0, 0.05) is 46.2 Å².